The van der Waals surface area contributed by atoms with Crippen LogP contribution in [0, 0.1) is 0 Å². The maximum absolute atomic E-state index is 12.9. The highest BCUT2D eigenvalue weighted by Crippen LogP contribution is 2.22. The lowest BCUT2D eigenvalue weighted by atomic mass is 10.1. The highest BCUT2D eigenvalue weighted by Gasteiger charge is 2.23. The number of nitrogens with zero attached hydrogens (tertiary/aromatic N) is 4. The highest BCUT2D eigenvalue weighted by molar-refractivity contribution is 7.16. The average Bonchev–Trinajstić information content (AvgIpc) is 3.34. The van der Waals surface area contributed by atoms with Crippen LogP contribution in [0.4, 0.5) is 10.8 Å². The van der Waals surface area contributed by atoms with E-state index in [1.54, 1.807) is 35.1 Å². The lowest BCUT2D eigenvalue weighted by Gasteiger charge is -2.34. The monoisotopic (exact) mass is 503 g/mol. The number of carbonyl (C=O) groups is 3. The minimum Gasteiger partial charge on any atom is -0.378 e. The fourth-order valence-corrected chi connectivity index (χ4v) is 4.58. The van der Waals surface area contributed by atoms with E-state index in [-0.39, 0.29) is 17.7 Å². The second-order valence-electron chi connectivity index (χ2n) is 8.72. The Morgan fingerprint density at radius 1 is 0.944 bits per heavy atom. The first-order valence-electron chi connectivity index (χ1n) is 11.7. The van der Waals surface area contributed by atoms with Crippen molar-refractivity contribution in [3.05, 3.63) is 76.3 Å². The summed E-state index contributed by atoms with van der Waals surface area (Å²) in [5.74, 6) is -0.200. The van der Waals surface area contributed by atoms with Crippen LogP contribution in [0.15, 0.2) is 54.7 Å². The molecule has 0 atom stereocenters. The highest BCUT2D eigenvalue weighted by atomic mass is 32.1. The second-order valence-corrected chi connectivity index (χ2v) is 9.78. The smallest absolute Gasteiger partial charge is 0.257 e. The van der Waals surface area contributed by atoms with Gasteiger partial charge < -0.3 is 14.7 Å². The van der Waals surface area contributed by atoms with Crippen LogP contribution in [0.25, 0.3) is 12.2 Å². The summed E-state index contributed by atoms with van der Waals surface area (Å²) in [6.07, 6.45) is 5.54. The molecule has 4 rings (SSSR count). The topological polar surface area (TPSA) is 85.9 Å². The number of benzene rings is 2. The molecule has 3 amide bonds. The summed E-state index contributed by atoms with van der Waals surface area (Å²) in [6, 6.07) is 14.8. The van der Waals surface area contributed by atoms with Crippen molar-refractivity contribution in [1.82, 2.24) is 14.8 Å². The molecule has 0 aliphatic carbocycles. The number of anilines is 2. The van der Waals surface area contributed by atoms with E-state index >= 15 is 0 Å². The summed E-state index contributed by atoms with van der Waals surface area (Å²) in [5.41, 5.74) is 3.10. The summed E-state index contributed by atoms with van der Waals surface area (Å²) < 4.78 is 0. The Kier molecular flexibility index (Phi) is 7.80. The summed E-state index contributed by atoms with van der Waals surface area (Å²) in [6.45, 7) is 3.75. The molecule has 1 N–H and O–H groups in total. The van der Waals surface area contributed by atoms with Crippen LogP contribution in [0.3, 0.4) is 0 Å². The summed E-state index contributed by atoms with van der Waals surface area (Å²) in [4.78, 5) is 47.7. The number of hydrogen-bond donors (Lipinski definition) is 1. The molecule has 186 valence electrons. The molecule has 2 aromatic carbocycles. The molecule has 0 spiro atoms. The molecule has 8 nitrogen and oxygen atoms in total. The molecule has 0 radical (unpaired) electrons. The summed E-state index contributed by atoms with van der Waals surface area (Å²) in [5, 5.41) is 3.36. The predicted molar refractivity (Wildman–Crippen MR) is 144 cm³/mol. The van der Waals surface area contributed by atoms with Gasteiger partial charge in [-0.05, 0) is 48.0 Å². The van der Waals surface area contributed by atoms with Crippen molar-refractivity contribution in [2.45, 2.75) is 6.92 Å². The van der Waals surface area contributed by atoms with Gasteiger partial charge in [0, 0.05) is 75.1 Å². The lowest BCUT2D eigenvalue weighted by Crippen LogP contribution is -2.50. The maximum Gasteiger partial charge on any atom is 0.257 e. The molecule has 1 aliphatic rings. The van der Waals surface area contributed by atoms with Crippen molar-refractivity contribution in [2.75, 3.05) is 50.5 Å². The van der Waals surface area contributed by atoms with Gasteiger partial charge in [0.1, 0.15) is 0 Å². The first-order valence-corrected chi connectivity index (χ1v) is 12.5. The molecule has 0 saturated carbocycles. The number of carbonyl (C=O) groups excluding carboxylic acids is 3. The van der Waals surface area contributed by atoms with Gasteiger partial charge in [0.25, 0.3) is 11.8 Å². The number of hydrogen-bond acceptors (Lipinski definition) is 6. The zero-order chi connectivity index (χ0) is 25.7. The van der Waals surface area contributed by atoms with Crippen molar-refractivity contribution >= 4 is 52.0 Å². The van der Waals surface area contributed by atoms with Gasteiger partial charge in [-0.1, -0.05) is 29.5 Å². The minimum atomic E-state index is -0.208. The molecule has 0 unspecified atom stereocenters. The fraction of sp³-hybridized carbons (Fsp3) is 0.259. The Balaban J connectivity index is 1.36. The Bertz CT molecular complexity index is 1270. The van der Waals surface area contributed by atoms with E-state index in [0.717, 1.165) is 16.1 Å². The molecule has 1 fully saturated rings. The zero-order valence-electron chi connectivity index (χ0n) is 20.6. The molecule has 1 aromatic heterocycles. The van der Waals surface area contributed by atoms with E-state index in [1.807, 2.05) is 67.5 Å². The van der Waals surface area contributed by atoms with Crippen molar-refractivity contribution < 1.29 is 14.4 Å². The molecule has 0 bridgehead atoms. The van der Waals surface area contributed by atoms with Gasteiger partial charge in [-0.2, -0.15) is 0 Å². The first kappa shape index (κ1) is 25.1. The molecule has 1 saturated heterocycles. The molecule has 3 aromatic rings. The van der Waals surface area contributed by atoms with E-state index in [0.29, 0.717) is 42.4 Å². The lowest BCUT2D eigenvalue weighted by molar-refractivity contribution is -0.130. The third kappa shape index (κ3) is 6.17. The molecule has 36 heavy (non-hydrogen) atoms. The predicted octanol–water partition coefficient (Wildman–Crippen LogP) is 3.94. The largest absolute Gasteiger partial charge is 0.378 e. The maximum atomic E-state index is 12.9. The van der Waals surface area contributed by atoms with E-state index in [9.17, 15) is 14.4 Å². The Hall–Kier alpha value is -3.98. The van der Waals surface area contributed by atoms with Crippen LogP contribution in [-0.2, 0) is 4.79 Å². The number of rotatable bonds is 6. The Morgan fingerprint density at radius 3 is 2.31 bits per heavy atom. The van der Waals surface area contributed by atoms with Crippen LogP contribution >= 0.6 is 11.3 Å². The van der Waals surface area contributed by atoms with Crippen LogP contribution in [0.5, 0.6) is 0 Å². The molecular formula is C27H29N5O3S. The van der Waals surface area contributed by atoms with Gasteiger partial charge >= 0.3 is 0 Å². The zero-order valence-corrected chi connectivity index (χ0v) is 21.4. The van der Waals surface area contributed by atoms with Crippen molar-refractivity contribution in [2.24, 2.45) is 0 Å². The van der Waals surface area contributed by atoms with Crippen molar-refractivity contribution in [3.8, 4) is 0 Å². The number of nitrogens with one attached hydrogen (secondary N) is 1. The number of piperazine rings is 1. The molecular weight excluding hydrogens is 474 g/mol. The van der Waals surface area contributed by atoms with Gasteiger partial charge in [-0.3, -0.25) is 19.7 Å². The summed E-state index contributed by atoms with van der Waals surface area (Å²) in [7, 11) is 3.90. The summed E-state index contributed by atoms with van der Waals surface area (Å²) >= 11 is 1.37. The van der Waals surface area contributed by atoms with Gasteiger partial charge in [0.05, 0.1) is 0 Å². The van der Waals surface area contributed by atoms with Crippen molar-refractivity contribution in [3.63, 3.8) is 0 Å². The van der Waals surface area contributed by atoms with Gasteiger partial charge in [0.2, 0.25) is 5.91 Å². The fourth-order valence-electron chi connectivity index (χ4n) is 3.86. The van der Waals surface area contributed by atoms with E-state index in [1.165, 1.54) is 11.3 Å². The number of aromatic nitrogens is 1. The molecule has 1 aliphatic heterocycles. The third-order valence-electron chi connectivity index (χ3n) is 5.98. The molecule has 2 heterocycles. The van der Waals surface area contributed by atoms with E-state index in [2.05, 4.69) is 10.3 Å². The van der Waals surface area contributed by atoms with E-state index in [4.69, 9.17) is 0 Å². The normalized spacial score (nSPS) is 13.6. The van der Waals surface area contributed by atoms with Crippen LogP contribution in [-0.4, -0.2) is 72.8 Å². The molecule has 9 heteroatoms. The standard InChI is InChI=1S/C27H29N5O3S/c1-19(33)31-13-15-32(16-14-31)26(35)22-6-4-5-20(17-22)7-12-24-18-28-27(36-24)29-25(34)21-8-10-23(11-9-21)30(2)3/h4-12,17-18H,13-16H2,1-3H3,(H,28,29,34)/b12-7+. The number of thiazole rings is 1. The van der Waals surface area contributed by atoms with Crippen LogP contribution < -0.4 is 10.2 Å². The van der Waals surface area contributed by atoms with Crippen LogP contribution in [0.2, 0.25) is 0 Å². The third-order valence-corrected chi connectivity index (χ3v) is 6.85. The van der Waals surface area contributed by atoms with Gasteiger partial charge in [-0.15, -0.1) is 0 Å². The van der Waals surface area contributed by atoms with E-state index < -0.39 is 0 Å². The SMILES string of the molecule is CC(=O)N1CCN(C(=O)c2cccc(/C=C/c3cnc(NC(=O)c4ccc(N(C)C)cc4)s3)c2)CC1. The van der Waals surface area contributed by atoms with Crippen LogP contribution in [0.1, 0.15) is 38.1 Å². The quantitative estimate of drug-likeness (QED) is 0.551. The Morgan fingerprint density at radius 2 is 1.64 bits per heavy atom. The number of amides is 3. The van der Waals surface area contributed by atoms with Gasteiger partial charge in [-0.25, -0.2) is 4.98 Å². The van der Waals surface area contributed by atoms with Crippen molar-refractivity contribution in [1.29, 1.82) is 0 Å². The second kappa shape index (κ2) is 11.2. The first-order chi connectivity index (χ1) is 17.3. The Labute approximate surface area is 214 Å². The van der Waals surface area contributed by atoms with Gasteiger partial charge in [0.15, 0.2) is 5.13 Å². The average molecular weight is 504 g/mol. The minimum absolute atomic E-state index is 0.0325.